The van der Waals surface area contributed by atoms with Gasteiger partial charge in [-0.2, -0.15) is 0 Å². The summed E-state index contributed by atoms with van der Waals surface area (Å²) >= 11 is 1.28. The fourth-order valence-corrected chi connectivity index (χ4v) is 5.95. The topological polar surface area (TPSA) is 131 Å². The van der Waals surface area contributed by atoms with Crippen LogP contribution in [0.15, 0.2) is 39.3 Å². The molecule has 2 aromatic rings. The normalized spacial score (nSPS) is 17.8. The van der Waals surface area contributed by atoms with Crippen LogP contribution in [0.2, 0.25) is 0 Å². The molecule has 10 nitrogen and oxygen atoms in total. The molecule has 4 rings (SSSR count). The highest BCUT2D eigenvalue weighted by Crippen LogP contribution is 2.30. The number of thioether (sulfide) groups is 1. The molecule has 2 heterocycles. The first kappa shape index (κ1) is 23.7. The highest BCUT2D eigenvalue weighted by molar-refractivity contribution is 7.99. The Morgan fingerprint density at radius 3 is 2.79 bits per heavy atom. The molecule has 0 spiro atoms. The van der Waals surface area contributed by atoms with Gasteiger partial charge in [0.2, 0.25) is 11.1 Å². The van der Waals surface area contributed by atoms with Gasteiger partial charge in [-0.15, -0.1) is 5.10 Å². The van der Waals surface area contributed by atoms with Crippen LogP contribution >= 0.6 is 11.8 Å². The molecular weight excluding hydrogens is 462 g/mol. The molecule has 0 atom stereocenters. The van der Waals surface area contributed by atoms with Crippen LogP contribution in [0, 0.1) is 0 Å². The van der Waals surface area contributed by atoms with Crippen molar-refractivity contribution in [3.8, 4) is 0 Å². The number of hydrogen-bond acceptors (Lipinski definition) is 8. The van der Waals surface area contributed by atoms with Crippen LogP contribution in [0.1, 0.15) is 63.8 Å². The maximum absolute atomic E-state index is 12.8. The predicted molar refractivity (Wildman–Crippen MR) is 127 cm³/mol. The molecule has 1 aromatic carbocycles. The Kier molecular flexibility index (Phi) is 7.97. The number of amidine groups is 1. The largest absolute Gasteiger partial charge is 0.325 e. The molecule has 1 fully saturated rings. The lowest BCUT2D eigenvalue weighted by Gasteiger charge is -2.21. The molecule has 1 saturated carbocycles. The monoisotopic (exact) mass is 491 g/mol. The van der Waals surface area contributed by atoms with Crippen LogP contribution in [-0.2, 0) is 14.8 Å². The number of anilines is 1. The van der Waals surface area contributed by atoms with Crippen molar-refractivity contribution < 1.29 is 13.2 Å². The summed E-state index contributed by atoms with van der Waals surface area (Å²) in [5, 5.41) is 15.4. The van der Waals surface area contributed by atoms with E-state index in [2.05, 4.69) is 30.6 Å². The van der Waals surface area contributed by atoms with Crippen molar-refractivity contribution in [3.63, 3.8) is 0 Å². The van der Waals surface area contributed by atoms with E-state index in [1.54, 1.807) is 12.1 Å². The summed E-state index contributed by atoms with van der Waals surface area (Å²) in [7, 11) is -3.77. The minimum atomic E-state index is -3.77. The minimum absolute atomic E-state index is 0.0844. The zero-order valence-electron chi connectivity index (χ0n) is 18.4. The second-order valence-corrected chi connectivity index (χ2v) is 10.9. The minimum Gasteiger partial charge on any atom is -0.325 e. The third kappa shape index (κ3) is 6.53. The molecule has 0 bridgehead atoms. The van der Waals surface area contributed by atoms with E-state index in [4.69, 9.17) is 0 Å². The van der Waals surface area contributed by atoms with Crippen LogP contribution in [0.3, 0.4) is 0 Å². The van der Waals surface area contributed by atoms with Crippen LogP contribution in [0.4, 0.5) is 5.69 Å². The Balaban J connectivity index is 1.35. The smallest absolute Gasteiger partial charge is 0.262 e. The molecule has 178 valence electrons. The van der Waals surface area contributed by atoms with Crippen LogP contribution in [0.5, 0.6) is 0 Å². The number of nitrogens with one attached hydrogen (secondary N) is 2. The standard InChI is InChI=1S/C21H29N7O3S2/c29-20(15-32-21-24-26-27-28(21)17-9-3-1-4-10-17)23-16-8-7-11-18(14-16)33(30,31)25-19-12-5-2-6-13-22-19/h7-8,11,14,17H,1-6,9-10,12-13,15H2,(H,22,25)(H,23,29). The number of nitrogens with zero attached hydrogens (tertiary/aromatic N) is 5. The number of aromatic nitrogens is 4. The Hall–Kier alpha value is -2.47. The SMILES string of the molecule is O=C(CSc1nnnn1C1CCCCC1)Nc1cccc(S(=O)(=O)NC2=NCCCCC2)c1. The summed E-state index contributed by atoms with van der Waals surface area (Å²) in [6, 6.07) is 6.51. The maximum Gasteiger partial charge on any atom is 0.262 e. The first-order valence-electron chi connectivity index (χ1n) is 11.4. The quantitative estimate of drug-likeness (QED) is 0.569. The molecule has 1 aromatic heterocycles. The highest BCUT2D eigenvalue weighted by Gasteiger charge is 2.21. The lowest BCUT2D eigenvalue weighted by atomic mass is 9.96. The molecule has 12 heteroatoms. The van der Waals surface area contributed by atoms with Gasteiger partial charge in [-0.3, -0.25) is 14.5 Å². The molecule has 2 aliphatic rings. The zero-order chi connectivity index (χ0) is 23.1. The average Bonchev–Trinajstić information content (AvgIpc) is 3.15. The Labute approximate surface area is 198 Å². The first-order chi connectivity index (χ1) is 16.0. The summed E-state index contributed by atoms with van der Waals surface area (Å²) < 4.78 is 30.0. The number of hydrogen-bond donors (Lipinski definition) is 2. The van der Waals surface area contributed by atoms with Crippen LogP contribution < -0.4 is 10.0 Å². The van der Waals surface area contributed by atoms with Gasteiger partial charge in [0.05, 0.1) is 16.7 Å². The number of rotatable bonds is 7. The number of benzene rings is 1. The highest BCUT2D eigenvalue weighted by atomic mass is 32.2. The first-order valence-corrected chi connectivity index (χ1v) is 13.8. The molecular formula is C21H29N7O3S2. The Morgan fingerprint density at radius 1 is 1.12 bits per heavy atom. The van der Waals surface area contributed by atoms with Crippen LogP contribution in [0.25, 0.3) is 0 Å². The average molecular weight is 492 g/mol. The molecule has 0 unspecified atom stereocenters. The molecule has 1 amide bonds. The predicted octanol–water partition coefficient (Wildman–Crippen LogP) is 3.16. The third-order valence-electron chi connectivity index (χ3n) is 5.77. The van der Waals surface area contributed by atoms with Crippen molar-refractivity contribution in [3.05, 3.63) is 24.3 Å². The van der Waals surface area contributed by atoms with Gasteiger partial charge in [-0.05, 0) is 54.3 Å². The van der Waals surface area contributed by atoms with Gasteiger partial charge < -0.3 is 5.32 Å². The third-order valence-corrected chi connectivity index (χ3v) is 8.08. The van der Waals surface area contributed by atoms with E-state index in [1.165, 1.54) is 30.3 Å². The van der Waals surface area contributed by atoms with E-state index in [0.29, 0.717) is 29.6 Å². The fourth-order valence-electron chi connectivity index (χ4n) is 4.07. The molecule has 1 aliphatic carbocycles. The van der Waals surface area contributed by atoms with Gasteiger partial charge >= 0.3 is 0 Å². The molecule has 0 radical (unpaired) electrons. The number of sulfonamides is 1. The summed E-state index contributed by atoms with van der Waals surface area (Å²) in [5.74, 6) is 0.363. The lowest BCUT2D eigenvalue weighted by molar-refractivity contribution is -0.113. The van der Waals surface area contributed by atoms with Gasteiger partial charge in [0.15, 0.2) is 0 Å². The number of tetrazole rings is 1. The fraction of sp³-hybridized carbons (Fsp3) is 0.571. The maximum atomic E-state index is 12.8. The van der Waals surface area contributed by atoms with E-state index in [-0.39, 0.29) is 22.6 Å². The van der Waals surface area contributed by atoms with E-state index in [0.717, 1.165) is 44.9 Å². The van der Waals surface area contributed by atoms with Crippen LogP contribution in [-0.4, -0.2) is 52.7 Å². The van der Waals surface area contributed by atoms with Crippen molar-refractivity contribution in [2.75, 3.05) is 17.6 Å². The Bertz CT molecular complexity index is 1090. The molecule has 0 saturated heterocycles. The number of carbonyl (C=O) groups excluding carboxylic acids is 1. The number of carbonyl (C=O) groups is 1. The van der Waals surface area contributed by atoms with Gasteiger partial charge in [-0.1, -0.05) is 43.5 Å². The molecule has 2 N–H and O–H groups in total. The van der Waals surface area contributed by atoms with E-state index < -0.39 is 10.0 Å². The van der Waals surface area contributed by atoms with E-state index in [9.17, 15) is 13.2 Å². The second-order valence-electron chi connectivity index (χ2n) is 8.31. The van der Waals surface area contributed by atoms with Gasteiger partial charge in [0, 0.05) is 18.7 Å². The van der Waals surface area contributed by atoms with Crippen molar-refractivity contribution in [2.45, 2.75) is 73.9 Å². The van der Waals surface area contributed by atoms with E-state index in [1.807, 2.05) is 4.68 Å². The van der Waals surface area contributed by atoms with Gasteiger partial charge in [0.25, 0.3) is 10.0 Å². The van der Waals surface area contributed by atoms with Crippen molar-refractivity contribution >= 4 is 39.2 Å². The van der Waals surface area contributed by atoms with Crippen molar-refractivity contribution in [2.24, 2.45) is 4.99 Å². The molecule has 1 aliphatic heterocycles. The van der Waals surface area contributed by atoms with Crippen molar-refractivity contribution in [1.29, 1.82) is 0 Å². The van der Waals surface area contributed by atoms with E-state index >= 15 is 0 Å². The Morgan fingerprint density at radius 2 is 1.94 bits per heavy atom. The summed E-state index contributed by atoms with van der Waals surface area (Å²) in [6.07, 6.45) is 9.21. The zero-order valence-corrected chi connectivity index (χ0v) is 20.1. The second kappa shape index (κ2) is 11.1. The van der Waals surface area contributed by atoms with Gasteiger partial charge in [0.1, 0.15) is 5.84 Å². The van der Waals surface area contributed by atoms with Gasteiger partial charge in [-0.25, -0.2) is 13.1 Å². The summed E-state index contributed by atoms with van der Waals surface area (Å²) in [6.45, 7) is 0.635. The summed E-state index contributed by atoms with van der Waals surface area (Å²) in [5.41, 5.74) is 0.415. The van der Waals surface area contributed by atoms with Crippen molar-refractivity contribution in [1.82, 2.24) is 24.9 Å². The number of aliphatic imine (C=N–C) groups is 1. The molecule has 33 heavy (non-hydrogen) atoms. The number of amides is 1. The lowest BCUT2D eigenvalue weighted by Crippen LogP contribution is -2.30. The summed E-state index contributed by atoms with van der Waals surface area (Å²) in [4.78, 5) is 16.9.